The van der Waals surface area contributed by atoms with Crippen molar-refractivity contribution in [2.75, 3.05) is 60.7 Å². The fourth-order valence-electron chi connectivity index (χ4n) is 4.17. The van der Waals surface area contributed by atoms with Crippen molar-refractivity contribution in [3.8, 4) is 0 Å². The van der Waals surface area contributed by atoms with E-state index in [9.17, 15) is 9.46 Å². The first-order chi connectivity index (χ1) is 18.2. The number of quaternary nitrogens is 1. The van der Waals surface area contributed by atoms with Gasteiger partial charge >= 0.3 is 0 Å². The summed E-state index contributed by atoms with van der Waals surface area (Å²) in [6.45, 7) is 6.71. The van der Waals surface area contributed by atoms with Crippen LogP contribution < -0.4 is 4.89 Å². The van der Waals surface area contributed by atoms with E-state index in [0.29, 0.717) is 30.8 Å². The van der Waals surface area contributed by atoms with Crippen LogP contribution in [0.1, 0.15) is 129 Å². The van der Waals surface area contributed by atoms with Crippen molar-refractivity contribution >= 4 is 7.82 Å². The van der Waals surface area contributed by atoms with E-state index in [0.717, 1.165) is 19.3 Å². The SMILES string of the molecule is CCCCCCCCCCCCOCC(COP(=O)([O-])OCC[N+](C)(C)C)OCCCCCCCCCC. The summed E-state index contributed by atoms with van der Waals surface area (Å²) in [6, 6.07) is 0. The second-order valence-electron chi connectivity index (χ2n) is 11.8. The zero-order chi connectivity index (χ0) is 28.4. The van der Waals surface area contributed by atoms with Gasteiger partial charge < -0.3 is 27.9 Å². The summed E-state index contributed by atoms with van der Waals surface area (Å²) in [6.07, 6.45) is 22.3. The summed E-state index contributed by atoms with van der Waals surface area (Å²) in [7, 11) is 1.60. The van der Waals surface area contributed by atoms with Crippen molar-refractivity contribution < 1.29 is 32.5 Å². The monoisotopic (exact) mass is 565 g/mol. The average molecular weight is 566 g/mol. The normalized spacial score (nSPS) is 14.6. The molecule has 0 bridgehead atoms. The van der Waals surface area contributed by atoms with E-state index in [2.05, 4.69) is 13.8 Å². The zero-order valence-corrected chi connectivity index (χ0v) is 26.8. The molecule has 0 N–H and O–H groups in total. The van der Waals surface area contributed by atoms with Gasteiger partial charge in [-0.25, -0.2) is 0 Å². The third-order valence-electron chi connectivity index (χ3n) is 6.73. The molecule has 8 heteroatoms. The lowest BCUT2D eigenvalue weighted by Gasteiger charge is -2.28. The molecule has 0 aliphatic heterocycles. The van der Waals surface area contributed by atoms with Gasteiger partial charge in [-0.3, -0.25) is 4.57 Å². The Hall–Kier alpha value is -0.0100. The Morgan fingerprint density at radius 2 is 1.05 bits per heavy atom. The van der Waals surface area contributed by atoms with E-state index < -0.39 is 13.9 Å². The number of rotatable bonds is 30. The number of hydrogen-bond donors (Lipinski definition) is 0. The fourth-order valence-corrected chi connectivity index (χ4v) is 4.90. The summed E-state index contributed by atoms with van der Waals surface area (Å²) in [5.74, 6) is 0. The van der Waals surface area contributed by atoms with Gasteiger partial charge in [-0.1, -0.05) is 117 Å². The van der Waals surface area contributed by atoms with Crippen LogP contribution in [0.4, 0.5) is 0 Å². The van der Waals surface area contributed by atoms with Crippen molar-refractivity contribution in [3.05, 3.63) is 0 Å². The van der Waals surface area contributed by atoms with Gasteiger partial charge in [0.15, 0.2) is 0 Å². The molecule has 0 spiro atoms. The smallest absolute Gasteiger partial charge is 0.268 e. The second-order valence-corrected chi connectivity index (χ2v) is 13.2. The Morgan fingerprint density at radius 3 is 1.53 bits per heavy atom. The lowest BCUT2D eigenvalue weighted by atomic mass is 10.1. The molecule has 230 valence electrons. The molecule has 0 aromatic heterocycles. The molecule has 0 aromatic carbocycles. The second kappa shape index (κ2) is 25.9. The van der Waals surface area contributed by atoms with Crippen molar-refractivity contribution in [3.63, 3.8) is 0 Å². The maximum Gasteiger partial charge on any atom is 0.268 e. The highest BCUT2D eigenvalue weighted by Gasteiger charge is 2.17. The van der Waals surface area contributed by atoms with Crippen molar-refractivity contribution in [2.24, 2.45) is 0 Å². The number of phosphoric acid groups is 1. The Labute approximate surface area is 236 Å². The summed E-state index contributed by atoms with van der Waals surface area (Å²) >= 11 is 0. The topological polar surface area (TPSA) is 77.1 Å². The zero-order valence-electron chi connectivity index (χ0n) is 25.9. The van der Waals surface area contributed by atoms with Crippen LogP contribution in [0.2, 0.25) is 0 Å². The van der Waals surface area contributed by atoms with Gasteiger partial charge in [-0.15, -0.1) is 0 Å². The molecule has 0 aromatic rings. The van der Waals surface area contributed by atoms with Crippen LogP contribution in [0.3, 0.4) is 0 Å². The standard InChI is InChI=1S/C30H64NO6P/c1-6-8-10-12-14-16-17-18-20-22-25-34-28-30(35-26-23-21-19-15-13-11-9-7-2)29-37-38(32,33)36-27-24-31(3,4)5/h30H,6-29H2,1-5H3. The summed E-state index contributed by atoms with van der Waals surface area (Å²) in [4.78, 5) is 12.2. The van der Waals surface area contributed by atoms with Crippen LogP contribution >= 0.6 is 7.82 Å². The third kappa shape index (κ3) is 29.0. The number of likely N-dealkylation sites (N-methyl/N-ethyl adjacent to an activating group) is 1. The molecule has 0 saturated heterocycles. The Bertz CT molecular complexity index is 543. The van der Waals surface area contributed by atoms with Gasteiger partial charge in [-0.05, 0) is 12.8 Å². The van der Waals surface area contributed by atoms with E-state index in [1.807, 2.05) is 21.1 Å². The lowest BCUT2D eigenvalue weighted by molar-refractivity contribution is -0.870. The third-order valence-corrected chi connectivity index (χ3v) is 7.69. The lowest BCUT2D eigenvalue weighted by Crippen LogP contribution is -2.37. The average Bonchev–Trinajstić information content (AvgIpc) is 2.85. The minimum absolute atomic E-state index is 0.0692. The highest BCUT2D eigenvalue weighted by molar-refractivity contribution is 7.45. The molecule has 0 aliphatic carbocycles. The Balaban J connectivity index is 4.18. The number of hydrogen-bond acceptors (Lipinski definition) is 6. The quantitative estimate of drug-likeness (QED) is 0.0506. The maximum atomic E-state index is 12.2. The molecule has 2 unspecified atom stereocenters. The minimum atomic E-state index is -4.36. The van der Waals surface area contributed by atoms with Gasteiger partial charge in [0.2, 0.25) is 0 Å². The molecular formula is C30H64NO6P. The maximum absolute atomic E-state index is 12.2. The van der Waals surface area contributed by atoms with Crippen LogP contribution in [0.15, 0.2) is 0 Å². The van der Waals surface area contributed by atoms with Gasteiger partial charge in [0.1, 0.15) is 19.3 Å². The van der Waals surface area contributed by atoms with Gasteiger partial charge in [0, 0.05) is 13.2 Å². The minimum Gasteiger partial charge on any atom is -0.756 e. The molecule has 2 atom stereocenters. The molecule has 0 heterocycles. The predicted molar refractivity (Wildman–Crippen MR) is 157 cm³/mol. The number of unbranched alkanes of at least 4 members (excludes halogenated alkanes) is 16. The molecule has 7 nitrogen and oxygen atoms in total. The fraction of sp³-hybridized carbons (Fsp3) is 1.00. The van der Waals surface area contributed by atoms with Gasteiger partial charge in [0.25, 0.3) is 7.82 Å². The first-order valence-electron chi connectivity index (χ1n) is 15.8. The van der Waals surface area contributed by atoms with Crippen molar-refractivity contribution in [1.82, 2.24) is 0 Å². The van der Waals surface area contributed by atoms with E-state index in [-0.39, 0.29) is 13.2 Å². The number of phosphoric ester groups is 1. The number of nitrogens with zero attached hydrogens (tertiary/aromatic N) is 1. The van der Waals surface area contributed by atoms with Gasteiger partial charge in [-0.2, -0.15) is 0 Å². The molecule has 0 radical (unpaired) electrons. The molecule has 0 amide bonds. The van der Waals surface area contributed by atoms with E-state index in [4.69, 9.17) is 18.5 Å². The Morgan fingerprint density at radius 1 is 0.605 bits per heavy atom. The van der Waals surface area contributed by atoms with Crippen LogP contribution in [-0.4, -0.2) is 71.3 Å². The van der Waals surface area contributed by atoms with Crippen LogP contribution in [0.5, 0.6) is 0 Å². The van der Waals surface area contributed by atoms with Crippen LogP contribution in [0, 0.1) is 0 Å². The largest absolute Gasteiger partial charge is 0.756 e. The van der Waals surface area contributed by atoms with Crippen LogP contribution in [-0.2, 0) is 23.1 Å². The summed E-state index contributed by atoms with van der Waals surface area (Å²) in [5, 5.41) is 0. The molecule has 0 fully saturated rings. The number of ether oxygens (including phenoxy) is 2. The molecule has 0 aliphatic rings. The first-order valence-corrected chi connectivity index (χ1v) is 17.3. The van der Waals surface area contributed by atoms with E-state index >= 15 is 0 Å². The Kier molecular flexibility index (Phi) is 25.9. The highest BCUT2D eigenvalue weighted by Crippen LogP contribution is 2.38. The summed E-state index contributed by atoms with van der Waals surface area (Å²) in [5.41, 5.74) is 0. The van der Waals surface area contributed by atoms with Crippen LogP contribution in [0.25, 0.3) is 0 Å². The van der Waals surface area contributed by atoms with E-state index in [1.54, 1.807) is 0 Å². The molecule has 0 saturated carbocycles. The highest BCUT2D eigenvalue weighted by atomic mass is 31.2. The van der Waals surface area contributed by atoms with E-state index in [1.165, 1.54) is 96.3 Å². The first kappa shape index (κ1) is 38.0. The molecule has 38 heavy (non-hydrogen) atoms. The summed E-state index contributed by atoms with van der Waals surface area (Å²) < 4.78 is 34.8. The van der Waals surface area contributed by atoms with Crippen molar-refractivity contribution in [1.29, 1.82) is 0 Å². The molecule has 0 rings (SSSR count). The predicted octanol–water partition coefficient (Wildman–Crippen LogP) is 7.66. The molecular weight excluding hydrogens is 501 g/mol. The van der Waals surface area contributed by atoms with Crippen molar-refractivity contribution in [2.45, 2.75) is 136 Å². The van der Waals surface area contributed by atoms with Gasteiger partial charge in [0.05, 0.1) is 34.4 Å².